The third-order valence-corrected chi connectivity index (χ3v) is 4.57. The van der Waals surface area contributed by atoms with Gasteiger partial charge in [0.25, 0.3) is 0 Å². The first-order valence-corrected chi connectivity index (χ1v) is 7.62. The number of hydrogen-bond acceptors (Lipinski definition) is 3. The SMILES string of the molecule is CS(=O)(=O)c1c(F)cc(C2(N)CCCC2)cc1F. The van der Waals surface area contributed by atoms with E-state index in [0.717, 1.165) is 31.2 Å². The van der Waals surface area contributed by atoms with Gasteiger partial charge in [-0.15, -0.1) is 0 Å². The van der Waals surface area contributed by atoms with Crippen LogP contribution in [0, 0.1) is 11.6 Å². The zero-order valence-electron chi connectivity index (χ0n) is 10.0. The van der Waals surface area contributed by atoms with Crippen molar-refractivity contribution in [1.29, 1.82) is 0 Å². The van der Waals surface area contributed by atoms with E-state index in [4.69, 9.17) is 5.73 Å². The van der Waals surface area contributed by atoms with Gasteiger partial charge in [-0.2, -0.15) is 0 Å². The van der Waals surface area contributed by atoms with Gasteiger partial charge in [-0.05, 0) is 30.5 Å². The van der Waals surface area contributed by atoms with Crippen molar-refractivity contribution in [2.75, 3.05) is 6.26 Å². The highest BCUT2D eigenvalue weighted by Crippen LogP contribution is 2.37. The largest absolute Gasteiger partial charge is 0.321 e. The van der Waals surface area contributed by atoms with Crippen LogP contribution < -0.4 is 5.73 Å². The molecule has 0 aliphatic heterocycles. The van der Waals surface area contributed by atoms with E-state index in [1.54, 1.807) is 0 Å². The van der Waals surface area contributed by atoms with E-state index < -0.39 is 31.9 Å². The summed E-state index contributed by atoms with van der Waals surface area (Å²) in [5.41, 5.74) is 5.69. The molecule has 2 rings (SSSR count). The second-order valence-electron chi connectivity index (χ2n) is 4.90. The summed E-state index contributed by atoms with van der Waals surface area (Å²) in [4.78, 5) is -0.882. The van der Waals surface area contributed by atoms with Crippen LogP contribution in [0.5, 0.6) is 0 Å². The van der Waals surface area contributed by atoms with Crippen molar-refractivity contribution in [3.05, 3.63) is 29.3 Å². The van der Waals surface area contributed by atoms with Gasteiger partial charge in [0, 0.05) is 11.8 Å². The van der Waals surface area contributed by atoms with Crippen molar-refractivity contribution in [1.82, 2.24) is 0 Å². The van der Waals surface area contributed by atoms with Crippen LogP contribution in [0.25, 0.3) is 0 Å². The molecule has 0 amide bonds. The molecule has 100 valence electrons. The summed E-state index contributed by atoms with van der Waals surface area (Å²) in [6.07, 6.45) is 3.91. The molecule has 1 aromatic rings. The molecule has 0 aromatic heterocycles. The first kappa shape index (κ1) is 13.4. The first-order valence-electron chi connectivity index (χ1n) is 5.72. The van der Waals surface area contributed by atoms with E-state index >= 15 is 0 Å². The van der Waals surface area contributed by atoms with Gasteiger partial charge in [-0.3, -0.25) is 0 Å². The predicted octanol–water partition coefficient (Wildman–Crippen LogP) is 2.10. The molecule has 0 unspecified atom stereocenters. The normalized spacial score (nSPS) is 19.1. The fourth-order valence-electron chi connectivity index (χ4n) is 2.50. The van der Waals surface area contributed by atoms with Crippen LogP contribution in [0.2, 0.25) is 0 Å². The second kappa shape index (κ2) is 4.28. The van der Waals surface area contributed by atoms with E-state index in [0.29, 0.717) is 18.4 Å². The molecule has 6 heteroatoms. The lowest BCUT2D eigenvalue weighted by molar-refractivity contribution is 0.445. The van der Waals surface area contributed by atoms with Crippen LogP contribution in [0.4, 0.5) is 8.78 Å². The Bertz CT molecular complexity index is 555. The van der Waals surface area contributed by atoms with Crippen molar-refractivity contribution in [2.45, 2.75) is 36.1 Å². The van der Waals surface area contributed by atoms with Crippen LogP contribution in [0.1, 0.15) is 31.2 Å². The van der Waals surface area contributed by atoms with Crippen molar-refractivity contribution < 1.29 is 17.2 Å². The Morgan fingerprint density at radius 3 is 2.00 bits per heavy atom. The fraction of sp³-hybridized carbons (Fsp3) is 0.500. The zero-order valence-corrected chi connectivity index (χ0v) is 10.9. The molecule has 3 nitrogen and oxygen atoms in total. The van der Waals surface area contributed by atoms with E-state index in [1.807, 2.05) is 0 Å². The molecule has 0 atom stereocenters. The van der Waals surface area contributed by atoms with E-state index in [1.165, 1.54) is 0 Å². The van der Waals surface area contributed by atoms with Gasteiger partial charge in [0.05, 0.1) is 0 Å². The standard InChI is InChI=1S/C12H15F2NO2S/c1-18(16,17)11-9(13)6-8(7-10(11)14)12(15)4-2-3-5-12/h6-7H,2-5,15H2,1H3. The summed E-state index contributed by atoms with van der Waals surface area (Å²) in [5, 5.41) is 0. The number of sulfone groups is 1. The molecule has 0 heterocycles. The molecule has 2 N–H and O–H groups in total. The Morgan fingerprint density at radius 2 is 1.61 bits per heavy atom. The lowest BCUT2D eigenvalue weighted by Crippen LogP contribution is -2.33. The number of rotatable bonds is 2. The Balaban J connectivity index is 2.56. The van der Waals surface area contributed by atoms with E-state index in [-0.39, 0.29) is 0 Å². The number of hydrogen-bond donors (Lipinski definition) is 1. The lowest BCUT2D eigenvalue weighted by Gasteiger charge is -2.24. The van der Waals surface area contributed by atoms with Crippen molar-refractivity contribution in [2.24, 2.45) is 5.73 Å². The van der Waals surface area contributed by atoms with Gasteiger partial charge in [0.2, 0.25) is 0 Å². The minimum Gasteiger partial charge on any atom is -0.321 e. The molecule has 1 aliphatic carbocycles. The van der Waals surface area contributed by atoms with Crippen LogP contribution in [0.3, 0.4) is 0 Å². The smallest absolute Gasteiger partial charge is 0.181 e. The third kappa shape index (κ3) is 2.27. The average Bonchev–Trinajstić information content (AvgIpc) is 2.63. The summed E-state index contributed by atoms with van der Waals surface area (Å²) in [6.45, 7) is 0. The highest BCUT2D eigenvalue weighted by atomic mass is 32.2. The minimum atomic E-state index is -3.92. The van der Waals surface area contributed by atoms with Crippen molar-refractivity contribution >= 4 is 9.84 Å². The van der Waals surface area contributed by atoms with Gasteiger partial charge in [-0.1, -0.05) is 12.8 Å². The number of halogens is 2. The Hall–Kier alpha value is -1.01. The van der Waals surface area contributed by atoms with Gasteiger partial charge < -0.3 is 5.73 Å². The maximum absolute atomic E-state index is 13.8. The molecule has 0 spiro atoms. The topological polar surface area (TPSA) is 60.2 Å². The minimum absolute atomic E-state index is 0.336. The number of benzene rings is 1. The summed E-state index contributed by atoms with van der Waals surface area (Å²) in [5.74, 6) is -2.13. The highest BCUT2D eigenvalue weighted by molar-refractivity contribution is 7.90. The second-order valence-corrected chi connectivity index (χ2v) is 6.86. The number of nitrogens with two attached hydrogens (primary N) is 1. The summed E-state index contributed by atoms with van der Waals surface area (Å²) < 4.78 is 50.1. The molecular formula is C12H15F2NO2S. The third-order valence-electron chi connectivity index (χ3n) is 3.44. The predicted molar refractivity (Wildman–Crippen MR) is 63.8 cm³/mol. The van der Waals surface area contributed by atoms with Gasteiger partial charge in [0.15, 0.2) is 9.84 Å². The van der Waals surface area contributed by atoms with Crippen molar-refractivity contribution in [3.8, 4) is 0 Å². The van der Waals surface area contributed by atoms with Crippen LogP contribution in [-0.2, 0) is 15.4 Å². The van der Waals surface area contributed by atoms with Crippen LogP contribution >= 0.6 is 0 Å². The molecule has 18 heavy (non-hydrogen) atoms. The average molecular weight is 275 g/mol. The Labute approximate surface area is 105 Å². The summed E-state index contributed by atoms with van der Waals surface area (Å²) in [7, 11) is -3.92. The highest BCUT2D eigenvalue weighted by Gasteiger charge is 2.33. The quantitative estimate of drug-likeness (QED) is 0.899. The molecule has 0 radical (unpaired) electrons. The Morgan fingerprint density at radius 1 is 1.17 bits per heavy atom. The molecular weight excluding hydrogens is 260 g/mol. The summed E-state index contributed by atoms with van der Waals surface area (Å²) >= 11 is 0. The van der Waals surface area contributed by atoms with Gasteiger partial charge in [-0.25, -0.2) is 17.2 Å². The molecule has 0 saturated heterocycles. The summed E-state index contributed by atoms with van der Waals surface area (Å²) in [6, 6.07) is 2.09. The van der Waals surface area contributed by atoms with Crippen LogP contribution in [-0.4, -0.2) is 14.7 Å². The fourth-order valence-corrected chi connectivity index (χ4v) is 3.32. The maximum Gasteiger partial charge on any atom is 0.181 e. The molecule has 0 bridgehead atoms. The zero-order chi connectivity index (χ0) is 13.6. The maximum atomic E-state index is 13.8. The van der Waals surface area contributed by atoms with Crippen molar-refractivity contribution in [3.63, 3.8) is 0 Å². The lowest BCUT2D eigenvalue weighted by atomic mass is 9.89. The first-order chi connectivity index (χ1) is 8.24. The van der Waals surface area contributed by atoms with E-state index in [9.17, 15) is 17.2 Å². The monoisotopic (exact) mass is 275 g/mol. The molecule has 1 fully saturated rings. The van der Waals surface area contributed by atoms with Gasteiger partial charge in [0.1, 0.15) is 16.5 Å². The van der Waals surface area contributed by atoms with Gasteiger partial charge >= 0.3 is 0 Å². The van der Waals surface area contributed by atoms with E-state index in [2.05, 4.69) is 0 Å². The molecule has 1 aliphatic rings. The molecule has 1 saturated carbocycles. The Kier molecular flexibility index (Phi) is 3.19. The van der Waals surface area contributed by atoms with Crippen LogP contribution in [0.15, 0.2) is 17.0 Å². The molecule has 1 aromatic carbocycles.